The van der Waals surface area contributed by atoms with Crippen molar-refractivity contribution in [2.24, 2.45) is 5.92 Å². The summed E-state index contributed by atoms with van der Waals surface area (Å²) in [6.45, 7) is 0. The van der Waals surface area contributed by atoms with Crippen LogP contribution in [0.5, 0.6) is 0 Å². The predicted octanol–water partition coefficient (Wildman–Crippen LogP) is 2.89. The largest absolute Gasteiger partial charge is 0.113 e. The van der Waals surface area contributed by atoms with Crippen molar-refractivity contribution in [2.75, 3.05) is 0 Å². The quantitative estimate of drug-likeness (QED) is 0.528. The molecule has 0 saturated carbocycles. The molecule has 0 fully saturated rings. The minimum Gasteiger partial charge on any atom is -0.101 e. The Balaban J connectivity index is 2.08. The zero-order valence-corrected chi connectivity index (χ0v) is 7.74. The average molecular weight is 168 g/mol. The summed E-state index contributed by atoms with van der Waals surface area (Å²) in [6.07, 6.45) is 16.6. The summed E-state index contributed by atoms with van der Waals surface area (Å²) >= 11 is 0. The van der Waals surface area contributed by atoms with E-state index >= 15 is 0 Å². The second kappa shape index (κ2) is 3.82. The molecule has 0 saturated heterocycles. The lowest BCUT2D eigenvalue weighted by molar-refractivity contribution is 0.769. The monoisotopic (exact) mass is 168 g/mol. The summed E-state index contributed by atoms with van der Waals surface area (Å²) in [6, 6.07) is 0. The highest BCUT2D eigenvalue weighted by molar-refractivity contribution is 6.23. The molecule has 1 atom stereocenters. The normalized spacial score (nSPS) is 26.9. The van der Waals surface area contributed by atoms with Gasteiger partial charge >= 0.3 is 0 Å². The zero-order chi connectivity index (χ0) is 9.10. The molecule has 0 spiro atoms. The molecule has 0 aromatic rings. The van der Waals surface area contributed by atoms with Crippen molar-refractivity contribution in [3.8, 4) is 0 Å². The van der Waals surface area contributed by atoms with Gasteiger partial charge in [-0.25, -0.2) is 0 Å². The Morgan fingerprint density at radius 1 is 1.15 bits per heavy atom. The molecule has 2 rings (SSSR count). The van der Waals surface area contributed by atoms with Crippen LogP contribution in [-0.4, -0.2) is 7.85 Å². The van der Waals surface area contributed by atoms with Crippen molar-refractivity contribution in [2.45, 2.75) is 19.3 Å². The fourth-order valence-electron chi connectivity index (χ4n) is 1.79. The molecule has 64 valence electrons. The van der Waals surface area contributed by atoms with Crippen LogP contribution in [0.2, 0.25) is 0 Å². The lowest BCUT2D eigenvalue weighted by Gasteiger charge is -2.18. The maximum absolute atomic E-state index is 5.66. The van der Waals surface area contributed by atoms with Crippen molar-refractivity contribution >= 4 is 7.85 Å². The van der Waals surface area contributed by atoms with E-state index in [1.807, 2.05) is 6.08 Å². The van der Waals surface area contributed by atoms with Crippen LogP contribution in [0.15, 0.2) is 47.5 Å². The number of hydrogen-bond donors (Lipinski definition) is 0. The van der Waals surface area contributed by atoms with Crippen molar-refractivity contribution in [1.82, 2.24) is 0 Å². The second-order valence-corrected chi connectivity index (χ2v) is 3.59. The number of allylic oxidation sites excluding steroid dienone is 8. The maximum Gasteiger partial charge on any atom is 0.113 e. The summed E-state index contributed by atoms with van der Waals surface area (Å²) in [5.74, 6) is 0.559. The van der Waals surface area contributed by atoms with E-state index in [1.165, 1.54) is 18.4 Å². The lowest BCUT2D eigenvalue weighted by Crippen LogP contribution is -2.03. The van der Waals surface area contributed by atoms with Gasteiger partial charge < -0.3 is 0 Å². The molecule has 13 heavy (non-hydrogen) atoms. The molecule has 1 heteroatoms. The van der Waals surface area contributed by atoms with Crippen molar-refractivity contribution in [3.63, 3.8) is 0 Å². The van der Waals surface area contributed by atoms with Gasteiger partial charge in [-0.05, 0) is 24.8 Å². The van der Waals surface area contributed by atoms with Crippen LogP contribution in [-0.2, 0) is 0 Å². The lowest BCUT2D eigenvalue weighted by atomic mass is 9.82. The van der Waals surface area contributed by atoms with Crippen LogP contribution >= 0.6 is 0 Å². The Bertz CT molecular complexity index is 305. The maximum atomic E-state index is 5.66. The fourth-order valence-corrected chi connectivity index (χ4v) is 1.79. The van der Waals surface area contributed by atoms with Gasteiger partial charge in [-0.3, -0.25) is 0 Å². The van der Waals surface area contributed by atoms with Gasteiger partial charge in [0, 0.05) is 5.92 Å². The molecule has 0 bridgehead atoms. The Hall–Kier alpha value is -0.975. The van der Waals surface area contributed by atoms with E-state index < -0.39 is 0 Å². The molecule has 0 N–H and O–H groups in total. The Morgan fingerprint density at radius 3 is 2.69 bits per heavy atom. The van der Waals surface area contributed by atoms with Gasteiger partial charge in [-0.2, -0.15) is 0 Å². The third kappa shape index (κ3) is 2.03. The molecule has 0 amide bonds. The van der Waals surface area contributed by atoms with E-state index in [2.05, 4.69) is 30.4 Å². The van der Waals surface area contributed by atoms with E-state index in [4.69, 9.17) is 7.85 Å². The summed E-state index contributed by atoms with van der Waals surface area (Å²) in [7, 11) is 5.66. The van der Waals surface area contributed by atoms with Gasteiger partial charge in [-0.15, -0.1) is 5.47 Å². The average Bonchev–Trinajstić information content (AvgIpc) is 2.20. The summed E-state index contributed by atoms with van der Waals surface area (Å²) in [5, 5.41) is 0. The highest BCUT2D eigenvalue weighted by Crippen LogP contribution is 2.26. The first-order valence-electron chi connectivity index (χ1n) is 4.87. The van der Waals surface area contributed by atoms with Gasteiger partial charge in [0.05, 0.1) is 0 Å². The molecular weight excluding hydrogens is 155 g/mol. The van der Waals surface area contributed by atoms with Crippen molar-refractivity contribution in [1.29, 1.82) is 0 Å². The zero-order valence-electron chi connectivity index (χ0n) is 7.74. The van der Waals surface area contributed by atoms with Crippen LogP contribution < -0.4 is 0 Å². The summed E-state index contributed by atoms with van der Waals surface area (Å²) in [4.78, 5) is 0. The van der Waals surface area contributed by atoms with Crippen LogP contribution in [0.3, 0.4) is 0 Å². The van der Waals surface area contributed by atoms with Crippen LogP contribution in [0.25, 0.3) is 0 Å². The van der Waals surface area contributed by atoms with E-state index in [0.717, 1.165) is 11.9 Å². The molecule has 0 nitrogen and oxygen atoms in total. The first-order valence-corrected chi connectivity index (χ1v) is 4.87. The summed E-state index contributed by atoms with van der Waals surface area (Å²) < 4.78 is 0. The van der Waals surface area contributed by atoms with Crippen LogP contribution in [0.4, 0.5) is 0 Å². The van der Waals surface area contributed by atoms with Gasteiger partial charge in [0.15, 0.2) is 0 Å². The smallest absolute Gasteiger partial charge is 0.101 e. The molecule has 0 aromatic carbocycles. The van der Waals surface area contributed by atoms with Gasteiger partial charge in [0.1, 0.15) is 7.85 Å². The molecule has 2 aliphatic carbocycles. The SMILES string of the molecule is [B]C1=CCC(C2=CCCC=C2)C=C1. The highest BCUT2D eigenvalue weighted by atomic mass is 14.1. The Kier molecular flexibility index (Phi) is 2.53. The Morgan fingerprint density at radius 2 is 2.08 bits per heavy atom. The molecule has 1 unspecified atom stereocenters. The topological polar surface area (TPSA) is 0 Å². The first kappa shape index (κ1) is 8.62. The third-order valence-corrected chi connectivity index (χ3v) is 2.58. The second-order valence-electron chi connectivity index (χ2n) is 3.59. The minimum absolute atomic E-state index is 0.559. The van der Waals surface area contributed by atoms with E-state index in [-0.39, 0.29) is 0 Å². The molecular formula is C12H13B. The molecule has 0 aliphatic heterocycles. The van der Waals surface area contributed by atoms with Gasteiger partial charge in [0.25, 0.3) is 0 Å². The highest BCUT2D eigenvalue weighted by Gasteiger charge is 2.11. The molecule has 0 aromatic heterocycles. The number of hydrogen-bond acceptors (Lipinski definition) is 0. The summed E-state index contributed by atoms with van der Waals surface area (Å²) in [5.41, 5.74) is 2.35. The molecule has 2 radical (unpaired) electrons. The van der Waals surface area contributed by atoms with E-state index in [1.54, 1.807) is 0 Å². The Labute approximate surface area is 81.1 Å². The number of rotatable bonds is 1. The van der Waals surface area contributed by atoms with E-state index in [9.17, 15) is 0 Å². The van der Waals surface area contributed by atoms with Crippen LogP contribution in [0.1, 0.15) is 19.3 Å². The standard InChI is InChI=1S/C12H13B/c13-12-8-6-11(7-9-12)10-4-2-1-3-5-10/h2,4-6,8-9,11H,1,3,7H2. The van der Waals surface area contributed by atoms with E-state index in [0.29, 0.717) is 5.92 Å². The van der Waals surface area contributed by atoms with Gasteiger partial charge in [0.2, 0.25) is 0 Å². The third-order valence-electron chi connectivity index (χ3n) is 2.58. The van der Waals surface area contributed by atoms with Crippen LogP contribution in [0, 0.1) is 5.92 Å². The molecule has 2 aliphatic rings. The molecule has 0 heterocycles. The predicted molar refractivity (Wildman–Crippen MR) is 57.5 cm³/mol. The minimum atomic E-state index is 0.559. The van der Waals surface area contributed by atoms with Crippen molar-refractivity contribution in [3.05, 3.63) is 47.5 Å². The van der Waals surface area contributed by atoms with Crippen molar-refractivity contribution < 1.29 is 0 Å². The fraction of sp³-hybridized carbons (Fsp3) is 0.333. The first-order chi connectivity index (χ1) is 6.36. The van der Waals surface area contributed by atoms with Gasteiger partial charge in [-0.1, -0.05) is 36.5 Å².